The molecule has 0 atom stereocenters. The second kappa shape index (κ2) is 9.55. The molecule has 1 N–H and O–H groups in total. The number of sulfonamides is 1. The van der Waals surface area contributed by atoms with Crippen molar-refractivity contribution in [1.82, 2.24) is 0 Å². The van der Waals surface area contributed by atoms with E-state index in [0.717, 1.165) is 0 Å². The Labute approximate surface area is 202 Å². The first kappa shape index (κ1) is 23.3. The van der Waals surface area contributed by atoms with Crippen LogP contribution in [0.1, 0.15) is 32.7 Å². The van der Waals surface area contributed by atoms with Crippen molar-refractivity contribution in [2.75, 3.05) is 21.9 Å². The van der Waals surface area contributed by atoms with Crippen LogP contribution in [-0.2, 0) is 16.4 Å². The summed E-state index contributed by atoms with van der Waals surface area (Å²) in [5.41, 5.74) is 2.46. The van der Waals surface area contributed by atoms with Crippen LogP contribution in [-0.4, -0.2) is 32.4 Å². The molecule has 9 heteroatoms. The molecule has 0 saturated carbocycles. The molecule has 1 saturated heterocycles. The molecule has 0 aromatic heterocycles. The van der Waals surface area contributed by atoms with E-state index in [0.29, 0.717) is 51.1 Å². The average Bonchev–Trinajstić information content (AvgIpc) is 3.15. The van der Waals surface area contributed by atoms with Crippen LogP contribution in [0.3, 0.4) is 0 Å². The SMILES string of the molecule is O=C(Cc1cc(NC(=O)c2ccc(N3CCCS3(=O)=O)cc2)ccc1Cl)c1cccc(Cl)c1. The molecule has 0 aliphatic carbocycles. The molecule has 3 aromatic rings. The molecule has 170 valence electrons. The van der Waals surface area contributed by atoms with E-state index in [-0.39, 0.29) is 23.9 Å². The lowest BCUT2D eigenvalue weighted by Crippen LogP contribution is -2.25. The zero-order valence-electron chi connectivity index (χ0n) is 17.4. The van der Waals surface area contributed by atoms with Gasteiger partial charge in [-0.15, -0.1) is 0 Å². The number of carbonyl (C=O) groups excluding carboxylic acids is 2. The van der Waals surface area contributed by atoms with E-state index < -0.39 is 10.0 Å². The highest BCUT2D eigenvalue weighted by Gasteiger charge is 2.28. The first-order valence-corrected chi connectivity index (χ1v) is 12.6. The van der Waals surface area contributed by atoms with Crippen molar-refractivity contribution in [3.8, 4) is 0 Å². The predicted octanol–water partition coefficient (Wildman–Crippen LogP) is 5.21. The van der Waals surface area contributed by atoms with Gasteiger partial charge in [0.05, 0.1) is 11.4 Å². The third kappa shape index (κ3) is 5.38. The van der Waals surface area contributed by atoms with Gasteiger partial charge in [-0.25, -0.2) is 8.42 Å². The van der Waals surface area contributed by atoms with E-state index in [4.69, 9.17) is 23.2 Å². The summed E-state index contributed by atoms with van der Waals surface area (Å²) in [5.74, 6) is -0.371. The second-order valence-corrected chi connectivity index (χ2v) is 10.5. The Hall–Kier alpha value is -2.87. The number of ketones is 1. The maximum absolute atomic E-state index is 12.7. The van der Waals surface area contributed by atoms with Crippen molar-refractivity contribution in [2.24, 2.45) is 0 Å². The van der Waals surface area contributed by atoms with E-state index >= 15 is 0 Å². The lowest BCUT2D eigenvalue weighted by molar-refractivity contribution is 0.0991. The summed E-state index contributed by atoms with van der Waals surface area (Å²) in [7, 11) is -3.28. The predicted molar refractivity (Wildman–Crippen MR) is 131 cm³/mol. The zero-order valence-corrected chi connectivity index (χ0v) is 19.8. The number of nitrogens with one attached hydrogen (secondary N) is 1. The number of Topliss-reactive ketones (excluding diaryl/α,β-unsaturated/α-hetero) is 1. The largest absolute Gasteiger partial charge is 0.322 e. The third-order valence-corrected chi connectivity index (χ3v) is 7.79. The molecular weight excluding hydrogens is 483 g/mol. The lowest BCUT2D eigenvalue weighted by atomic mass is 10.0. The van der Waals surface area contributed by atoms with Crippen molar-refractivity contribution in [1.29, 1.82) is 0 Å². The van der Waals surface area contributed by atoms with E-state index in [9.17, 15) is 18.0 Å². The van der Waals surface area contributed by atoms with Gasteiger partial charge in [0.25, 0.3) is 5.91 Å². The zero-order chi connectivity index (χ0) is 23.6. The van der Waals surface area contributed by atoms with Crippen molar-refractivity contribution in [3.05, 3.63) is 93.5 Å². The smallest absolute Gasteiger partial charge is 0.255 e. The minimum atomic E-state index is -3.28. The Bertz CT molecular complexity index is 1320. The van der Waals surface area contributed by atoms with Crippen LogP contribution in [0.25, 0.3) is 0 Å². The monoisotopic (exact) mass is 502 g/mol. The van der Waals surface area contributed by atoms with E-state index in [2.05, 4.69) is 5.32 Å². The van der Waals surface area contributed by atoms with Gasteiger partial charge in [-0.1, -0.05) is 35.3 Å². The number of halogens is 2. The maximum atomic E-state index is 12.7. The first-order valence-electron chi connectivity index (χ1n) is 10.2. The fourth-order valence-electron chi connectivity index (χ4n) is 3.64. The van der Waals surface area contributed by atoms with Gasteiger partial charge in [0.15, 0.2) is 5.78 Å². The number of nitrogens with zero attached hydrogens (tertiary/aromatic N) is 1. The number of amides is 1. The van der Waals surface area contributed by atoms with Gasteiger partial charge >= 0.3 is 0 Å². The standard InChI is InChI=1S/C24H20Cl2N2O4S/c25-19-4-1-3-17(13-19)23(29)15-18-14-20(7-10-22(18)26)27-24(30)16-5-8-21(9-6-16)28-11-2-12-33(28,31)32/h1,3-10,13-14H,2,11-12,15H2,(H,27,30). The van der Waals surface area contributed by atoms with Gasteiger partial charge in [0.2, 0.25) is 10.0 Å². The molecule has 0 bridgehead atoms. The van der Waals surface area contributed by atoms with Crippen LogP contribution >= 0.6 is 23.2 Å². The van der Waals surface area contributed by atoms with Crippen LogP contribution in [0.4, 0.5) is 11.4 Å². The highest BCUT2D eigenvalue weighted by Crippen LogP contribution is 2.26. The molecule has 6 nitrogen and oxygen atoms in total. The van der Waals surface area contributed by atoms with Crippen molar-refractivity contribution in [3.63, 3.8) is 0 Å². The molecule has 1 aliphatic heterocycles. The number of rotatable bonds is 6. The van der Waals surface area contributed by atoms with Gasteiger partial charge in [-0.05, 0) is 66.6 Å². The molecular formula is C24H20Cl2N2O4S. The van der Waals surface area contributed by atoms with Crippen molar-refractivity contribution >= 4 is 56.3 Å². The molecule has 1 heterocycles. The maximum Gasteiger partial charge on any atom is 0.255 e. The van der Waals surface area contributed by atoms with E-state index in [1.54, 1.807) is 66.7 Å². The molecule has 1 aliphatic rings. The normalized spacial score (nSPS) is 14.8. The van der Waals surface area contributed by atoms with Gasteiger partial charge in [0.1, 0.15) is 0 Å². The summed E-state index contributed by atoms with van der Waals surface area (Å²) < 4.78 is 25.5. The third-order valence-electron chi connectivity index (χ3n) is 5.32. The van der Waals surface area contributed by atoms with Gasteiger partial charge < -0.3 is 5.32 Å². The Morgan fingerprint density at radius 1 is 0.939 bits per heavy atom. The van der Waals surface area contributed by atoms with Crippen molar-refractivity contribution in [2.45, 2.75) is 12.8 Å². The Morgan fingerprint density at radius 2 is 1.70 bits per heavy atom. The fraction of sp³-hybridized carbons (Fsp3) is 0.167. The van der Waals surface area contributed by atoms with E-state index in [1.807, 2.05) is 0 Å². The van der Waals surface area contributed by atoms with Gasteiger partial charge in [-0.2, -0.15) is 0 Å². The Balaban J connectivity index is 1.47. The second-order valence-electron chi connectivity index (χ2n) is 7.66. The summed E-state index contributed by atoms with van der Waals surface area (Å²) in [5, 5.41) is 3.68. The summed E-state index contributed by atoms with van der Waals surface area (Å²) in [6.45, 7) is 0.440. The summed E-state index contributed by atoms with van der Waals surface area (Å²) >= 11 is 12.2. The van der Waals surface area contributed by atoms with Gasteiger partial charge in [-0.3, -0.25) is 13.9 Å². The van der Waals surface area contributed by atoms with Gasteiger partial charge in [0, 0.05) is 39.8 Å². The molecule has 0 unspecified atom stereocenters. The minimum absolute atomic E-state index is 0.0574. The minimum Gasteiger partial charge on any atom is -0.322 e. The number of hydrogen-bond acceptors (Lipinski definition) is 4. The molecule has 1 amide bonds. The lowest BCUT2D eigenvalue weighted by Gasteiger charge is -2.17. The van der Waals surface area contributed by atoms with Crippen LogP contribution in [0.15, 0.2) is 66.7 Å². The fourth-order valence-corrected chi connectivity index (χ4v) is 5.58. The van der Waals surface area contributed by atoms with Crippen LogP contribution < -0.4 is 9.62 Å². The topological polar surface area (TPSA) is 83.6 Å². The first-order chi connectivity index (χ1) is 15.7. The molecule has 1 fully saturated rings. The average molecular weight is 503 g/mol. The van der Waals surface area contributed by atoms with Crippen LogP contribution in [0, 0.1) is 0 Å². The number of benzene rings is 3. The number of hydrogen-bond donors (Lipinski definition) is 1. The Kier molecular flexibility index (Phi) is 6.74. The quantitative estimate of drug-likeness (QED) is 0.468. The van der Waals surface area contributed by atoms with Crippen LogP contribution in [0.2, 0.25) is 10.0 Å². The molecule has 0 spiro atoms. The summed E-state index contributed by atoms with van der Waals surface area (Å²) in [4.78, 5) is 25.3. The summed E-state index contributed by atoms with van der Waals surface area (Å²) in [6, 6.07) is 18.0. The molecule has 4 rings (SSSR count). The number of carbonyl (C=O) groups is 2. The molecule has 0 radical (unpaired) electrons. The van der Waals surface area contributed by atoms with Crippen molar-refractivity contribution < 1.29 is 18.0 Å². The molecule has 33 heavy (non-hydrogen) atoms. The van der Waals surface area contributed by atoms with Crippen LogP contribution in [0.5, 0.6) is 0 Å². The highest BCUT2D eigenvalue weighted by molar-refractivity contribution is 7.93. The Morgan fingerprint density at radius 3 is 2.36 bits per heavy atom. The number of anilines is 2. The van der Waals surface area contributed by atoms with E-state index in [1.165, 1.54) is 4.31 Å². The molecule has 3 aromatic carbocycles. The summed E-state index contributed by atoms with van der Waals surface area (Å²) in [6.07, 6.45) is 0.644. The highest BCUT2D eigenvalue weighted by atomic mass is 35.5.